The van der Waals surface area contributed by atoms with Crippen LogP contribution in [-0.4, -0.2) is 5.91 Å². The topological polar surface area (TPSA) is 43.1 Å². The fraction of sp³-hybridized carbons (Fsp3) is 0.900. The van der Waals surface area contributed by atoms with Crippen molar-refractivity contribution in [2.24, 2.45) is 23.5 Å². The highest BCUT2D eigenvalue weighted by Gasteiger charge is 2.26. The SMILES string of the molecule is CC(C)[C@@H]1CCC[C@@H](C(N)=O)C1. The van der Waals surface area contributed by atoms with Gasteiger partial charge in [0.05, 0.1) is 0 Å². The van der Waals surface area contributed by atoms with Crippen molar-refractivity contribution < 1.29 is 4.79 Å². The summed E-state index contributed by atoms with van der Waals surface area (Å²) in [6, 6.07) is 0. The Morgan fingerprint density at radius 3 is 2.58 bits per heavy atom. The number of amides is 1. The number of nitrogens with two attached hydrogens (primary N) is 1. The molecule has 2 nitrogen and oxygen atoms in total. The summed E-state index contributed by atoms with van der Waals surface area (Å²) < 4.78 is 0. The van der Waals surface area contributed by atoms with Crippen molar-refractivity contribution in [3.63, 3.8) is 0 Å². The number of rotatable bonds is 2. The number of primary amides is 1. The van der Waals surface area contributed by atoms with Gasteiger partial charge in [-0.3, -0.25) is 4.79 Å². The Morgan fingerprint density at radius 1 is 1.42 bits per heavy atom. The Bertz CT molecular complexity index is 165. The Kier molecular flexibility index (Phi) is 3.12. The molecule has 0 aliphatic heterocycles. The summed E-state index contributed by atoms with van der Waals surface area (Å²) >= 11 is 0. The standard InChI is InChI=1S/C10H19NO/c1-7(2)8-4-3-5-9(6-8)10(11)12/h7-9H,3-6H2,1-2H3,(H2,11,12)/t8-,9-/m1/s1. The lowest BCUT2D eigenvalue weighted by Gasteiger charge is -2.29. The van der Waals surface area contributed by atoms with Crippen molar-refractivity contribution >= 4 is 5.91 Å². The summed E-state index contributed by atoms with van der Waals surface area (Å²) in [5, 5.41) is 0. The lowest BCUT2D eigenvalue weighted by molar-refractivity contribution is -0.123. The van der Waals surface area contributed by atoms with Gasteiger partial charge in [0.2, 0.25) is 5.91 Å². The van der Waals surface area contributed by atoms with Crippen LogP contribution in [0.3, 0.4) is 0 Å². The van der Waals surface area contributed by atoms with Crippen LogP contribution in [0.5, 0.6) is 0 Å². The molecule has 2 heteroatoms. The molecule has 1 saturated carbocycles. The molecule has 0 bridgehead atoms. The fourth-order valence-electron chi connectivity index (χ4n) is 2.09. The minimum absolute atomic E-state index is 0.0969. The smallest absolute Gasteiger partial charge is 0.220 e. The molecule has 0 aromatic rings. The van der Waals surface area contributed by atoms with E-state index in [0.29, 0.717) is 5.92 Å². The highest BCUT2D eigenvalue weighted by atomic mass is 16.1. The zero-order valence-electron chi connectivity index (χ0n) is 8.05. The van der Waals surface area contributed by atoms with E-state index in [1.807, 2.05) is 0 Å². The highest BCUT2D eigenvalue weighted by Crippen LogP contribution is 2.33. The molecule has 0 saturated heterocycles. The minimum atomic E-state index is -0.0969. The van der Waals surface area contributed by atoms with E-state index in [2.05, 4.69) is 13.8 Å². The molecule has 0 heterocycles. The van der Waals surface area contributed by atoms with Crippen LogP contribution in [-0.2, 0) is 4.79 Å². The van der Waals surface area contributed by atoms with Gasteiger partial charge < -0.3 is 5.73 Å². The highest BCUT2D eigenvalue weighted by molar-refractivity contribution is 5.76. The van der Waals surface area contributed by atoms with E-state index in [0.717, 1.165) is 18.8 Å². The van der Waals surface area contributed by atoms with Gasteiger partial charge in [0.25, 0.3) is 0 Å². The largest absolute Gasteiger partial charge is 0.369 e. The van der Waals surface area contributed by atoms with E-state index in [4.69, 9.17) is 5.73 Å². The molecule has 1 rings (SSSR count). The zero-order chi connectivity index (χ0) is 9.14. The van der Waals surface area contributed by atoms with Gasteiger partial charge in [-0.15, -0.1) is 0 Å². The van der Waals surface area contributed by atoms with Crippen molar-refractivity contribution in [1.29, 1.82) is 0 Å². The summed E-state index contributed by atoms with van der Waals surface area (Å²) in [7, 11) is 0. The second kappa shape index (κ2) is 3.92. The molecule has 0 radical (unpaired) electrons. The third-order valence-electron chi connectivity index (χ3n) is 3.06. The average Bonchev–Trinajstić information content (AvgIpc) is 2.04. The first-order valence-electron chi connectivity index (χ1n) is 4.90. The van der Waals surface area contributed by atoms with Gasteiger partial charge in [0.15, 0.2) is 0 Å². The van der Waals surface area contributed by atoms with E-state index < -0.39 is 0 Å². The van der Waals surface area contributed by atoms with Crippen molar-refractivity contribution in [3.8, 4) is 0 Å². The predicted molar refractivity (Wildman–Crippen MR) is 49.5 cm³/mol. The second-order valence-electron chi connectivity index (χ2n) is 4.27. The van der Waals surface area contributed by atoms with E-state index in [-0.39, 0.29) is 11.8 Å². The zero-order valence-corrected chi connectivity index (χ0v) is 8.05. The molecule has 2 atom stereocenters. The molecule has 2 N–H and O–H groups in total. The van der Waals surface area contributed by atoms with Gasteiger partial charge in [-0.05, 0) is 24.7 Å². The van der Waals surface area contributed by atoms with Crippen molar-refractivity contribution in [2.75, 3.05) is 0 Å². The van der Waals surface area contributed by atoms with E-state index in [1.54, 1.807) is 0 Å². The van der Waals surface area contributed by atoms with E-state index >= 15 is 0 Å². The summed E-state index contributed by atoms with van der Waals surface area (Å²) in [5.74, 6) is 1.48. The van der Waals surface area contributed by atoms with Crippen LogP contribution >= 0.6 is 0 Å². The first-order valence-corrected chi connectivity index (χ1v) is 4.90. The van der Waals surface area contributed by atoms with Crippen LogP contribution in [0.15, 0.2) is 0 Å². The van der Waals surface area contributed by atoms with Crippen LogP contribution in [0.2, 0.25) is 0 Å². The molecular formula is C10H19NO. The summed E-state index contributed by atoms with van der Waals surface area (Å²) in [6.45, 7) is 4.46. The Labute approximate surface area is 74.5 Å². The molecule has 70 valence electrons. The van der Waals surface area contributed by atoms with Crippen LogP contribution < -0.4 is 5.73 Å². The lowest BCUT2D eigenvalue weighted by atomic mass is 9.76. The molecule has 1 amide bonds. The number of hydrogen-bond donors (Lipinski definition) is 1. The third-order valence-corrected chi connectivity index (χ3v) is 3.06. The number of hydrogen-bond acceptors (Lipinski definition) is 1. The maximum atomic E-state index is 10.9. The average molecular weight is 169 g/mol. The molecule has 1 aliphatic rings. The molecule has 0 aromatic heterocycles. The maximum absolute atomic E-state index is 10.9. The van der Waals surface area contributed by atoms with Gasteiger partial charge in [-0.1, -0.05) is 26.7 Å². The Morgan fingerprint density at radius 2 is 2.08 bits per heavy atom. The van der Waals surface area contributed by atoms with Crippen LogP contribution in [0.1, 0.15) is 39.5 Å². The van der Waals surface area contributed by atoms with Crippen LogP contribution in [0, 0.1) is 17.8 Å². The van der Waals surface area contributed by atoms with Gasteiger partial charge in [-0.25, -0.2) is 0 Å². The molecule has 12 heavy (non-hydrogen) atoms. The molecule has 0 spiro atoms. The maximum Gasteiger partial charge on any atom is 0.220 e. The van der Waals surface area contributed by atoms with E-state index in [1.165, 1.54) is 12.8 Å². The van der Waals surface area contributed by atoms with Gasteiger partial charge >= 0.3 is 0 Å². The van der Waals surface area contributed by atoms with Crippen molar-refractivity contribution in [3.05, 3.63) is 0 Å². The predicted octanol–water partition coefficient (Wildman–Crippen LogP) is 1.93. The lowest BCUT2D eigenvalue weighted by Crippen LogP contribution is -2.30. The normalized spacial score (nSPS) is 30.6. The molecule has 0 unspecified atom stereocenters. The quantitative estimate of drug-likeness (QED) is 0.674. The monoisotopic (exact) mass is 169 g/mol. The van der Waals surface area contributed by atoms with Crippen LogP contribution in [0.25, 0.3) is 0 Å². The number of carbonyl (C=O) groups excluding carboxylic acids is 1. The van der Waals surface area contributed by atoms with Gasteiger partial charge in [-0.2, -0.15) is 0 Å². The molecule has 1 aliphatic carbocycles. The summed E-state index contributed by atoms with van der Waals surface area (Å²) in [5.41, 5.74) is 5.29. The first-order chi connectivity index (χ1) is 5.61. The van der Waals surface area contributed by atoms with Gasteiger partial charge in [0, 0.05) is 5.92 Å². The second-order valence-corrected chi connectivity index (χ2v) is 4.27. The fourth-order valence-corrected chi connectivity index (χ4v) is 2.09. The van der Waals surface area contributed by atoms with Gasteiger partial charge in [0.1, 0.15) is 0 Å². The summed E-state index contributed by atoms with van der Waals surface area (Å²) in [6.07, 6.45) is 4.49. The first kappa shape index (κ1) is 9.56. The third kappa shape index (κ3) is 2.23. The molecule has 1 fully saturated rings. The molecular weight excluding hydrogens is 150 g/mol. The number of carbonyl (C=O) groups is 1. The van der Waals surface area contributed by atoms with Crippen LogP contribution in [0.4, 0.5) is 0 Å². The summed E-state index contributed by atoms with van der Waals surface area (Å²) in [4.78, 5) is 10.9. The Balaban J connectivity index is 2.46. The minimum Gasteiger partial charge on any atom is -0.369 e. The Hall–Kier alpha value is -0.530. The van der Waals surface area contributed by atoms with Crippen molar-refractivity contribution in [2.45, 2.75) is 39.5 Å². The van der Waals surface area contributed by atoms with E-state index in [9.17, 15) is 4.79 Å². The van der Waals surface area contributed by atoms with Crippen molar-refractivity contribution in [1.82, 2.24) is 0 Å². The molecule has 0 aromatic carbocycles.